The molecule has 1 aliphatic rings. The first-order valence-electron chi connectivity index (χ1n) is 13.1. The Morgan fingerprint density at radius 3 is 2.73 bits per heavy atom. The predicted octanol–water partition coefficient (Wildman–Crippen LogP) is 4.06. The summed E-state index contributed by atoms with van der Waals surface area (Å²) in [5.74, 6) is 1.25. The molecular weight excluding hydrogens is 542 g/mol. The zero-order chi connectivity index (χ0) is 28.6. The lowest BCUT2D eigenvalue weighted by Crippen LogP contribution is -2.23. The van der Waals surface area contributed by atoms with Gasteiger partial charge in [0.15, 0.2) is 15.6 Å². The lowest BCUT2D eigenvalue weighted by molar-refractivity contribution is 0.0950. The summed E-state index contributed by atoms with van der Waals surface area (Å²) < 4.78 is 29.2. The summed E-state index contributed by atoms with van der Waals surface area (Å²) in [6.45, 7) is 2.93. The Labute approximate surface area is 236 Å². The van der Waals surface area contributed by atoms with E-state index in [1.54, 1.807) is 6.20 Å². The molecule has 1 saturated heterocycles. The summed E-state index contributed by atoms with van der Waals surface area (Å²) in [6.07, 6.45) is 7.32. The molecule has 1 atom stereocenters. The highest BCUT2D eigenvalue weighted by molar-refractivity contribution is 7.90. The van der Waals surface area contributed by atoms with Gasteiger partial charge in [0.2, 0.25) is 0 Å². The maximum atomic E-state index is 12.6. The minimum absolute atomic E-state index is 0.0169. The summed E-state index contributed by atoms with van der Waals surface area (Å²) in [6, 6.07) is 15.0. The molecular formula is C29H27N7O4S. The first-order valence-corrected chi connectivity index (χ1v) is 15.0. The van der Waals surface area contributed by atoms with Crippen molar-refractivity contribution in [3.63, 3.8) is 0 Å². The average molecular weight is 570 g/mol. The number of hydrogen-bond donors (Lipinski definition) is 1. The third-order valence-electron chi connectivity index (χ3n) is 6.98. The Balaban J connectivity index is 1.21. The van der Waals surface area contributed by atoms with Crippen molar-refractivity contribution in [3.05, 3.63) is 89.8 Å². The van der Waals surface area contributed by atoms with Crippen LogP contribution in [0.15, 0.2) is 76.5 Å². The van der Waals surface area contributed by atoms with Crippen LogP contribution in [0.2, 0.25) is 0 Å². The van der Waals surface area contributed by atoms with Crippen LogP contribution in [0.4, 0.5) is 5.82 Å². The van der Waals surface area contributed by atoms with Crippen LogP contribution in [0.3, 0.4) is 0 Å². The van der Waals surface area contributed by atoms with Gasteiger partial charge in [-0.2, -0.15) is 0 Å². The van der Waals surface area contributed by atoms with Crippen LogP contribution in [0.1, 0.15) is 46.4 Å². The quantitative estimate of drug-likeness (QED) is 0.305. The fraction of sp³-hybridized carbons (Fsp3) is 0.241. The van der Waals surface area contributed by atoms with E-state index in [4.69, 9.17) is 14.5 Å². The molecule has 1 aliphatic heterocycles. The monoisotopic (exact) mass is 569 g/mol. The van der Waals surface area contributed by atoms with Gasteiger partial charge in [0.25, 0.3) is 5.91 Å². The van der Waals surface area contributed by atoms with E-state index in [2.05, 4.69) is 25.3 Å². The Morgan fingerprint density at radius 2 is 1.93 bits per heavy atom. The van der Waals surface area contributed by atoms with E-state index in [1.807, 2.05) is 49.4 Å². The van der Waals surface area contributed by atoms with Gasteiger partial charge in [-0.15, -0.1) is 0 Å². The fourth-order valence-electron chi connectivity index (χ4n) is 4.92. The first-order chi connectivity index (χ1) is 19.7. The first kappa shape index (κ1) is 26.5. The third kappa shape index (κ3) is 5.64. The lowest BCUT2D eigenvalue weighted by Gasteiger charge is -2.24. The summed E-state index contributed by atoms with van der Waals surface area (Å²) in [5, 5.41) is 7.68. The van der Waals surface area contributed by atoms with Gasteiger partial charge in [-0.25, -0.2) is 18.4 Å². The number of hydrogen-bond acceptors (Lipinski definition) is 10. The molecule has 5 aromatic heterocycles. The normalized spacial score (nSPS) is 15.4. The zero-order valence-electron chi connectivity index (χ0n) is 22.5. The molecule has 208 valence electrons. The molecule has 1 amide bonds. The Hall–Kier alpha value is -4.71. The number of anilines is 1. The number of nitrogens with zero attached hydrogens (tertiary/aromatic N) is 6. The van der Waals surface area contributed by atoms with Gasteiger partial charge in [0, 0.05) is 42.8 Å². The maximum Gasteiger partial charge on any atom is 0.253 e. The van der Waals surface area contributed by atoms with Crippen LogP contribution in [0.5, 0.6) is 0 Å². The van der Waals surface area contributed by atoms with Crippen molar-refractivity contribution in [2.45, 2.75) is 37.2 Å². The van der Waals surface area contributed by atoms with E-state index in [9.17, 15) is 13.2 Å². The predicted molar refractivity (Wildman–Crippen MR) is 152 cm³/mol. The van der Waals surface area contributed by atoms with Crippen LogP contribution in [-0.4, -0.2) is 52.2 Å². The van der Waals surface area contributed by atoms with Gasteiger partial charge in [0.05, 0.1) is 51.3 Å². The fourth-order valence-corrected chi connectivity index (χ4v) is 5.51. The molecule has 11 nitrogen and oxygen atoms in total. The molecule has 0 bridgehead atoms. The number of aryl methyl sites for hydroxylation is 1. The van der Waals surface area contributed by atoms with Crippen molar-refractivity contribution in [2.75, 3.05) is 17.7 Å². The second-order valence-corrected chi connectivity index (χ2v) is 12.0. The Kier molecular flexibility index (Phi) is 6.91. The van der Waals surface area contributed by atoms with E-state index in [0.717, 1.165) is 59.7 Å². The van der Waals surface area contributed by atoms with Crippen LogP contribution < -0.4 is 10.2 Å². The van der Waals surface area contributed by atoms with Gasteiger partial charge >= 0.3 is 0 Å². The molecule has 6 heterocycles. The van der Waals surface area contributed by atoms with E-state index in [-0.39, 0.29) is 23.0 Å². The number of carbonyl (C=O) groups excluding carboxylic acids is 1. The highest BCUT2D eigenvalue weighted by Crippen LogP contribution is 2.36. The Bertz CT molecular complexity index is 1870. The Morgan fingerprint density at radius 1 is 1.07 bits per heavy atom. The molecule has 0 spiro atoms. The molecule has 0 aliphatic carbocycles. The number of aromatic nitrogens is 5. The largest absolute Gasteiger partial charge is 0.359 e. The van der Waals surface area contributed by atoms with Gasteiger partial charge in [-0.05, 0) is 56.2 Å². The number of carbonyl (C=O) groups is 1. The second-order valence-electron chi connectivity index (χ2n) is 10.0. The minimum atomic E-state index is -3.48. The van der Waals surface area contributed by atoms with E-state index in [0.29, 0.717) is 11.2 Å². The molecule has 5 aromatic rings. The van der Waals surface area contributed by atoms with Crippen molar-refractivity contribution in [1.29, 1.82) is 0 Å². The molecule has 12 heteroatoms. The number of pyridine rings is 4. The van der Waals surface area contributed by atoms with Gasteiger partial charge in [-0.1, -0.05) is 11.2 Å². The average Bonchev–Trinajstić information content (AvgIpc) is 3.64. The molecule has 1 N–H and O–H groups in total. The van der Waals surface area contributed by atoms with Crippen LogP contribution in [0, 0.1) is 6.92 Å². The summed E-state index contributed by atoms with van der Waals surface area (Å²) >= 11 is 0. The standard InChI is InChI=1S/C29H27N7O4S/c1-18-11-27(40-35-18)26-6-4-10-36(26)28-7-3-5-23(34-28)24-9-8-19-15-31-21(13-25(19)33-24)16-32-29(37)20-12-22(17-30-14-20)41(2,38)39/h3,5,7-9,11-15,17,26H,4,6,10,16H2,1-2H3,(H,32,37)/t26-/m1/s1. The molecule has 0 aromatic carbocycles. The van der Waals surface area contributed by atoms with Crippen LogP contribution >= 0.6 is 0 Å². The molecule has 1 fully saturated rings. The number of nitrogens with one attached hydrogen (secondary N) is 1. The summed E-state index contributed by atoms with van der Waals surface area (Å²) in [7, 11) is -3.48. The van der Waals surface area contributed by atoms with Crippen LogP contribution in [0.25, 0.3) is 22.3 Å². The smallest absolute Gasteiger partial charge is 0.253 e. The molecule has 0 saturated carbocycles. The van der Waals surface area contributed by atoms with Gasteiger partial charge in [-0.3, -0.25) is 14.8 Å². The minimum Gasteiger partial charge on any atom is -0.359 e. The lowest BCUT2D eigenvalue weighted by atomic mass is 10.1. The third-order valence-corrected chi connectivity index (χ3v) is 8.06. The SMILES string of the molecule is Cc1cc([C@H]2CCCN2c2cccc(-c3ccc4cnc(CNC(=O)c5cncc(S(C)(=O)=O)c5)cc4n3)n2)on1. The van der Waals surface area contributed by atoms with Gasteiger partial charge in [0.1, 0.15) is 5.82 Å². The number of sulfone groups is 1. The summed E-state index contributed by atoms with van der Waals surface area (Å²) in [5.41, 5.74) is 3.79. The highest BCUT2D eigenvalue weighted by Gasteiger charge is 2.30. The second kappa shape index (κ2) is 10.7. The van der Waals surface area contributed by atoms with E-state index >= 15 is 0 Å². The number of rotatable bonds is 7. The molecule has 41 heavy (non-hydrogen) atoms. The molecule has 0 radical (unpaired) electrons. The van der Waals surface area contributed by atoms with E-state index < -0.39 is 15.7 Å². The van der Waals surface area contributed by atoms with Gasteiger partial charge < -0.3 is 14.7 Å². The summed E-state index contributed by atoms with van der Waals surface area (Å²) in [4.78, 5) is 33.0. The van der Waals surface area contributed by atoms with Crippen molar-refractivity contribution >= 4 is 32.5 Å². The molecule has 0 unspecified atom stereocenters. The van der Waals surface area contributed by atoms with Crippen molar-refractivity contribution in [2.24, 2.45) is 0 Å². The topological polar surface area (TPSA) is 144 Å². The number of amides is 1. The van der Waals surface area contributed by atoms with E-state index in [1.165, 1.54) is 18.5 Å². The van der Waals surface area contributed by atoms with Crippen LogP contribution in [-0.2, 0) is 16.4 Å². The van der Waals surface area contributed by atoms with Crippen molar-refractivity contribution < 1.29 is 17.7 Å². The zero-order valence-corrected chi connectivity index (χ0v) is 23.3. The maximum absolute atomic E-state index is 12.6. The highest BCUT2D eigenvalue weighted by atomic mass is 32.2. The number of fused-ring (bicyclic) bond motifs is 1. The van der Waals surface area contributed by atoms with Crippen molar-refractivity contribution in [1.82, 2.24) is 30.4 Å². The molecule has 6 rings (SSSR count). The van der Waals surface area contributed by atoms with Crippen molar-refractivity contribution in [3.8, 4) is 11.4 Å².